The molecule has 1 aromatic heterocycles. The van der Waals surface area contributed by atoms with E-state index in [1.807, 2.05) is 6.07 Å². The first-order chi connectivity index (χ1) is 69.7. The Balaban J connectivity index is 0.000000105. The standard InChI is InChI=1S/C53H36.C45H30O.C43H30/c1-53(2)48-28-27-37(32-47(48)52-39-19-6-3-14-33(39)26-29-49(52)53)51-44-24-11-9-22-42(44)50(43-23-10-12-25-45(43)51)36-17-13-16-34(30-36)46-31-35-15-4-5-18-38(35)40-20-7-8-21-41(40)46;1-45(2)38-24-23-28(26-37(38)43-29-13-4-3-12-27(29)22-25-39(43)45)41-31-15-5-7-17-33(31)42(34-18-8-6-16-32(34)41)36-20-11-19-35-30-14-9-10-21-40(30)46-44(35)36;1-43(2)38-23-22-31(26-37(38)42-32-14-6-5-12-28(32)21-24-39(42)43)41-35-17-9-7-15-33(35)40(34-16-8-10-18-36(34)41)30-20-19-27-11-3-4-13-29(27)25-30/h3-32H,1-2H3;3-26H,1-2H3;3-26H,1-2H3. The van der Waals surface area contributed by atoms with E-state index in [-0.39, 0.29) is 16.2 Å². The molecule has 0 unspecified atom stereocenters. The number of furan rings is 1. The van der Waals surface area contributed by atoms with Crippen LogP contribution in [0.15, 0.2) is 478 Å². The molecule has 0 fully saturated rings. The van der Waals surface area contributed by atoms with Gasteiger partial charge in [-0.15, -0.1) is 0 Å². The third kappa shape index (κ3) is 12.5. The quantitative estimate of drug-likeness (QED) is 0.114. The Bertz CT molecular complexity index is 9930. The van der Waals surface area contributed by atoms with Gasteiger partial charge < -0.3 is 4.42 Å². The van der Waals surface area contributed by atoms with E-state index in [9.17, 15) is 0 Å². The number of benzene rings is 26. The molecule has 0 aliphatic heterocycles. The molecule has 0 spiro atoms. The average molecular weight is 1810 g/mol. The number of hydrogen-bond donors (Lipinski definition) is 0. The molecule has 1 heterocycles. The van der Waals surface area contributed by atoms with Crippen LogP contribution >= 0.6 is 0 Å². The number of hydrogen-bond acceptors (Lipinski definition) is 1. The lowest BCUT2D eigenvalue weighted by Gasteiger charge is -2.22. The molecule has 1 nitrogen and oxygen atoms in total. The molecule has 30 rings (SSSR count). The molecule has 666 valence electrons. The fourth-order valence-electron chi connectivity index (χ4n) is 25.7. The summed E-state index contributed by atoms with van der Waals surface area (Å²) in [7, 11) is 0. The van der Waals surface area contributed by atoms with Crippen molar-refractivity contribution in [2.24, 2.45) is 0 Å². The second-order valence-electron chi connectivity index (χ2n) is 40.9. The van der Waals surface area contributed by atoms with E-state index >= 15 is 0 Å². The van der Waals surface area contributed by atoms with Crippen molar-refractivity contribution in [3.63, 3.8) is 0 Å². The van der Waals surface area contributed by atoms with Crippen molar-refractivity contribution >= 4 is 151 Å². The summed E-state index contributed by atoms with van der Waals surface area (Å²) in [5.41, 5.74) is 35.9. The highest BCUT2D eigenvalue weighted by molar-refractivity contribution is 6.28. The van der Waals surface area contributed by atoms with Crippen LogP contribution in [0.1, 0.15) is 74.9 Å². The molecule has 0 saturated heterocycles. The van der Waals surface area contributed by atoms with Gasteiger partial charge in [0.15, 0.2) is 0 Å². The van der Waals surface area contributed by atoms with E-state index in [0.29, 0.717) is 0 Å². The summed E-state index contributed by atoms with van der Waals surface area (Å²) in [6.45, 7) is 14.2. The van der Waals surface area contributed by atoms with Crippen LogP contribution in [0, 0.1) is 0 Å². The second kappa shape index (κ2) is 31.8. The Labute approximate surface area is 825 Å². The monoisotopic (exact) mass is 1800 g/mol. The van der Waals surface area contributed by atoms with Crippen LogP contribution in [0.25, 0.3) is 262 Å². The van der Waals surface area contributed by atoms with E-state index in [2.05, 4.69) is 509 Å². The van der Waals surface area contributed by atoms with Gasteiger partial charge in [-0.25, -0.2) is 0 Å². The Morgan fingerprint density at radius 2 is 0.408 bits per heavy atom. The van der Waals surface area contributed by atoms with Gasteiger partial charge in [0.25, 0.3) is 0 Å². The summed E-state index contributed by atoms with van der Waals surface area (Å²) in [4.78, 5) is 0. The van der Waals surface area contributed by atoms with Crippen molar-refractivity contribution in [1.29, 1.82) is 0 Å². The molecule has 0 atom stereocenters. The van der Waals surface area contributed by atoms with Crippen molar-refractivity contribution in [2.75, 3.05) is 0 Å². The smallest absolute Gasteiger partial charge is 0.143 e. The normalized spacial score (nSPS) is 13.5. The first-order valence-electron chi connectivity index (χ1n) is 50.0. The van der Waals surface area contributed by atoms with Crippen LogP contribution in [0.2, 0.25) is 0 Å². The van der Waals surface area contributed by atoms with E-state index in [4.69, 9.17) is 4.42 Å². The number of para-hydroxylation sites is 2. The van der Waals surface area contributed by atoms with Crippen LogP contribution in [0.3, 0.4) is 0 Å². The maximum Gasteiger partial charge on any atom is 0.143 e. The summed E-state index contributed by atoms with van der Waals surface area (Å²) in [6, 6.07) is 175. The lowest BCUT2D eigenvalue weighted by Crippen LogP contribution is -2.14. The summed E-state index contributed by atoms with van der Waals surface area (Å²) in [5, 5.41) is 33.1. The highest BCUT2D eigenvalue weighted by Gasteiger charge is 2.41. The predicted octanol–water partition coefficient (Wildman–Crippen LogP) is 39.4. The Morgan fingerprint density at radius 1 is 0.134 bits per heavy atom. The van der Waals surface area contributed by atoms with Gasteiger partial charge in [-0.05, 0) is 305 Å². The maximum atomic E-state index is 6.59. The first kappa shape index (κ1) is 82.9. The molecular formula is C141H96O. The van der Waals surface area contributed by atoms with Gasteiger partial charge in [0.05, 0.1) is 0 Å². The fourth-order valence-corrected chi connectivity index (χ4v) is 25.7. The zero-order valence-electron chi connectivity index (χ0n) is 79.9. The van der Waals surface area contributed by atoms with Crippen LogP contribution in [-0.2, 0) is 16.2 Å². The maximum absolute atomic E-state index is 6.59. The van der Waals surface area contributed by atoms with Crippen molar-refractivity contribution < 1.29 is 4.42 Å². The summed E-state index contributed by atoms with van der Waals surface area (Å²) < 4.78 is 6.59. The molecule has 0 N–H and O–H groups in total. The lowest BCUT2D eigenvalue weighted by molar-refractivity contribution is 0.661. The largest absolute Gasteiger partial charge is 0.455 e. The van der Waals surface area contributed by atoms with Crippen LogP contribution in [0.5, 0.6) is 0 Å². The van der Waals surface area contributed by atoms with Crippen molar-refractivity contribution in [3.8, 4) is 111 Å². The average Bonchev–Trinajstić information content (AvgIpc) is 1.56. The molecule has 3 aliphatic rings. The van der Waals surface area contributed by atoms with E-state index in [1.165, 1.54) is 268 Å². The van der Waals surface area contributed by atoms with Gasteiger partial charge in [0.1, 0.15) is 11.2 Å². The van der Waals surface area contributed by atoms with Crippen LogP contribution < -0.4 is 0 Å². The molecule has 142 heavy (non-hydrogen) atoms. The van der Waals surface area contributed by atoms with Crippen molar-refractivity contribution in [3.05, 3.63) is 507 Å². The minimum Gasteiger partial charge on any atom is -0.455 e. The second-order valence-corrected chi connectivity index (χ2v) is 40.9. The van der Waals surface area contributed by atoms with E-state index in [0.717, 1.165) is 27.5 Å². The summed E-state index contributed by atoms with van der Waals surface area (Å²) >= 11 is 0. The van der Waals surface area contributed by atoms with Crippen LogP contribution in [0.4, 0.5) is 0 Å². The number of rotatable bonds is 7. The highest BCUT2D eigenvalue weighted by atomic mass is 16.3. The molecule has 27 aromatic rings. The van der Waals surface area contributed by atoms with Gasteiger partial charge >= 0.3 is 0 Å². The SMILES string of the molecule is CC1(C)c2ccc(-c3c4ccccc4c(-c4ccc5ccccc5c4)c4ccccc34)cc2-c2c1ccc1ccccc21.CC1(C)c2ccc(-c3c4ccccc4c(-c4cccc(-c5cc6ccccc6c6ccccc56)c4)c4ccccc34)cc2-c2c1ccc1ccccc21.CC1(C)c2ccc(-c3c4ccccc4c(-c4cccc5c4oc4ccccc45)c4ccccc34)cc2-c2c1ccc1ccccc21. The third-order valence-corrected chi connectivity index (χ3v) is 32.3. The van der Waals surface area contributed by atoms with Gasteiger partial charge in [-0.2, -0.15) is 0 Å². The highest BCUT2D eigenvalue weighted by Crippen LogP contribution is 2.59. The molecule has 0 amide bonds. The van der Waals surface area contributed by atoms with E-state index in [1.54, 1.807) is 0 Å². The van der Waals surface area contributed by atoms with Gasteiger partial charge in [-0.3, -0.25) is 0 Å². The third-order valence-electron chi connectivity index (χ3n) is 32.3. The molecule has 3 aliphatic carbocycles. The summed E-state index contributed by atoms with van der Waals surface area (Å²) in [5.74, 6) is 0. The first-order valence-corrected chi connectivity index (χ1v) is 50.0. The fraction of sp³-hybridized carbons (Fsp3) is 0.0638. The number of fused-ring (bicyclic) bond motifs is 28. The minimum absolute atomic E-state index is 0.0443. The minimum atomic E-state index is -0.0669. The summed E-state index contributed by atoms with van der Waals surface area (Å²) in [6.07, 6.45) is 0. The van der Waals surface area contributed by atoms with Crippen LogP contribution in [-0.4, -0.2) is 0 Å². The van der Waals surface area contributed by atoms with Crippen molar-refractivity contribution in [1.82, 2.24) is 0 Å². The lowest BCUT2D eigenvalue weighted by atomic mass is 9.81. The Kier molecular flexibility index (Phi) is 18.6. The molecule has 0 bridgehead atoms. The van der Waals surface area contributed by atoms with E-state index < -0.39 is 0 Å². The molecular weight excluding hydrogens is 1710 g/mol. The Hall–Kier alpha value is -17.4. The molecule has 26 aromatic carbocycles. The Morgan fingerprint density at radius 3 is 0.817 bits per heavy atom. The molecule has 0 saturated carbocycles. The molecule has 1 heteroatoms. The zero-order valence-corrected chi connectivity index (χ0v) is 79.9. The zero-order chi connectivity index (χ0) is 94.5. The molecule has 0 radical (unpaired) electrons. The predicted molar refractivity (Wildman–Crippen MR) is 607 cm³/mol. The topological polar surface area (TPSA) is 13.1 Å². The van der Waals surface area contributed by atoms with Crippen molar-refractivity contribution in [2.45, 2.75) is 57.8 Å². The van der Waals surface area contributed by atoms with Gasteiger partial charge in [0.2, 0.25) is 0 Å². The van der Waals surface area contributed by atoms with Gasteiger partial charge in [-0.1, -0.05) is 472 Å². The van der Waals surface area contributed by atoms with Gasteiger partial charge in [0, 0.05) is 38.1 Å².